The Morgan fingerprint density at radius 3 is 2.03 bits per heavy atom. The third-order valence-electron chi connectivity index (χ3n) is 3.52. The van der Waals surface area contributed by atoms with E-state index in [4.69, 9.17) is 11.6 Å². The third-order valence-corrected chi connectivity index (χ3v) is 3.52. The van der Waals surface area contributed by atoms with Crippen molar-refractivity contribution in [2.75, 3.05) is 14.2 Å². The van der Waals surface area contributed by atoms with Gasteiger partial charge in [0.05, 0.1) is 37.2 Å². The van der Waals surface area contributed by atoms with E-state index in [9.17, 15) is 24.5 Å². The minimum absolute atomic E-state index is 0. The molecule has 0 saturated heterocycles. The Hall–Kier alpha value is -2.73. The number of hydrogen-bond acceptors (Lipinski definition) is 8. The van der Waals surface area contributed by atoms with Crippen LogP contribution in [0.2, 0.25) is 0 Å². The molecular formula is C18H17N3O8Y-2. The molecule has 0 saturated carbocycles. The number of carbonyl (C=O) groups excluding carboxylic acids is 3. The minimum Gasteiger partial charge on any atom is -0.664 e. The Morgan fingerprint density at radius 1 is 0.967 bits per heavy atom. The molecular weight excluding hydrogens is 475 g/mol. The van der Waals surface area contributed by atoms with E-state index in [1.165, 1.54) is 13.2 Å². The van der Waals surface area contributed by atoms with Crippen LogP contribution in [0.15, 0.2) is 42.5 Å². The van der Waals surface area contributed by atoms with E-state index in [0.717, 1.165) is 19.2 Å². The third kappa shape index (κ3) is 7.27. The molecule has 2 rings (SSSR count). The van der Waals surface area contributed by atoms with E-state index in [-0.39, 0.29) is 44.9 Å². The first kappa shape index (κ1) is 27.3. The molecule has 1 amide bonds. The zero-order valence-electron chi connectivity index (χ0n) is 16.0. The van der Waals surface area contributed by atoms with E-state index in [1.807, 2.05) is 0 Å². The van der Waals surface area contributed by atoms with Gasteiger partial charge in [0.1, 0.15) is 5.56 Å². The molecule has 1 radical (unpaired) electrons. The maximum Gasteiger partial charge on any atom is 0.345 e. The Kier molecular flexibility index (Phi) is 12.3. The van der Waals surface area contributed by atoms with Crippen LogP contribution in [-0.4, -0.2) is 37.0 Å². The summed E-state index contributed by atoms with van der Waals surface area (Å²) in [6.45, 7) is 0.0886. The number of nitrogens with zero attached hydrogens (tertiary/aromatic N) is 1. The van der Waals surface area contributed by atoms with Gasteiger partial charge in [-0.3, -0.25) is 10.1 Å². The number of ether oxygens (including phenoxy) is 2. The van der Waals surface area contributed by atoms with Crippen molar-refractivity contribution >= 4 is 23.5 Å². The fourth-order valence-corrected chi connectivity index (χ4v) is 2.23. The predicted molar refractivity (Wildman–Crippen MR) is 100.0 cm³/mol. The summed E-state index contributed by atoms with van der Waals surface area (Å²) in [6, 6.07) is 10.3. The van der Waals surface area contributed by atoms with Crippen molar-refractivity contribution in [3.8, 4) is 0 Å². The van der Waals surface area contributed by atoms with Crippen molar-refractivity contribution in [3.05, 3.63) is 86.5 Å². The van der Waals surface area contributed by atoms with Crippen LogP contribution in [-0.2, 0) is 53.6 Å². The first-order chi connectivity index (χ1) is 13.8. The number of carbonyl (C=O) groups is 3. The second kappa shape index (κ2) is 13.5. The van der Waals surface area contributed by atoms with Gasteiger partial charge >= 0.3 is 11.9 Å². The van der Waals surface area contributed by atoms with Crippen molar-refractivity contribution in [1.82, 2.24) is 0 Å². The zero-order chi connectivity index (χ0) is 22.0. The molecule has 0 atom stereocenters. The van der Waals surface area contributed by atoms with Gasteiger partial charge in [0.25, 0.3) is 5.69 Å². The van der Waals surface area contributed by atoms with Gasteiger partial charge in [-0.05, 0) is 11.6 Å². The molecule has 0 heterocycles. The number of nitro benzene ring substituents is 1. The zero-order valence-corrected chi connectivity index (χ0v) is 18.9. The predicted octanol–water partition coefficient (Wildman–Crippen LogP) is 3.53. The van der Waals surface area contributed by atoms with E-state index >= 15 is 0 Å². The number of esters is 2. The van der Waals surface area contributed by atoms with E-state index in [0.29, 0.717) is 11.1 Å². The molecule has 0 unspecified atom stereocenters. The van der Waals surface area contributed by atoms with Gasteiger partial charge in [-0.1, -0.05) is 30.3 Å². The molecule has 0 aliphatic heterocycles. The fraction of sp³-hybridized carbons (Fsp3) is 0.167. The normalized spacial score (nSPS) is 9.30. The summed E-state index contributed by atoms with van der Waals surface area (Å²) in [4.78, 5) is 47.4. The van der Waals surface area contributed by atoms with Crippen molar-refractivity contribution in [3.63, 3.8) is 0 Å². The number of rotatable bonds is 6. The molecule has 0 aliphatic rings. The van der Waals surface area contributed by atoms with Crippen LogP contribution in [0, 0.1) is 10.1 Å². The van der Waals surface area contributed by atoms with Crippen LogP contribution < -0.4 is 0 Å². The van der Waals surface area contributed by atoms with Gasteiger partial charge in [0, 0.05) is 44.3 Å². The van der Waals surface area contributed by atoms with Crippen molar-refractivity contribution < 1.29 is 66.3 Å². The molecule has 2 aromatic rings. The van der Waals surface area contributed by atoms with Gasteiger partial charge in [-0.2, -0.15) is 0 Å². The maximum absolute atomic E-state index is 11.3. The quantitative estimate of drug-likeness (QED) is 0.335. The number of nitro groups is 1. The summed E-state index contributed by atoms with van der Waals surface area (Å²) in [7, 11) is 2.36. The Balaban J connectivity index is 0.000000553. The first-order valence-corrected chi connectivity index (χ1v) is 7.84. The average molecular weight is 492 g/mol. The summed E-state index contributed by atoms with van der Waals surface area (Å²) < 4.78 is 8.91. The molecule has 2 N–H and O–H groups in total. The van der Waals surface area contributed by atoms with Crippen LogP contribution >= 0.6 is 0 Å². The summed E-state index contributed by atoms with van der Waals surface area (Å²) in [5.41, 5.74) is 6.61. The summed E-state index contributed by atoms with van der Waals surface area (Å²) in [5.74, 6) is 3.99. The smallest absolute Gasteiger partial charge is 0.345 e. The standard InChI is InChI=1S/C9H8N2O5.C9H10NO3.Y/c1-16-9(13)7-5(8(10)12)3-2-4-6(7)11(14)15;1-12-9(11)8-5-3-2-4-7(8)6-13-10;/h2-4H,1H3,(H2,10,12);2-5,10H,6H2,1H3;/q;-1;/p-1. The van der Waals surface area contributed by atoms with Crippen LogP contribution in [0.5, 0.6) is 0 Å². The van der Waals surface area contributed by atoms with E-state index < -0.39 is 34.0 Å². The largest absolute Gasteiger partial charge is 0.664 e. The molecule has 11 nitrogen and oxygen atoms in total. The molecule has 0 spiro atoms. The van der Waals surface area contributed by atoms with Gasteiger partial charge < -0.3 is 30.7 Å². The second-order valence-corrected chi connectivity index (χ2v) is 5.21. The van der Waals surface area contributed by atoms with Gasteiger partial charge in [0.2, 0.25) is 0 Å². The van der Waals surface area contributed by atoms with Crippen molar-refractivity contribution in [2.24, 2.45) is 0 Å². The molecule has 157 valence electrons. The van der Waals surface area contributed by atoms with Crippen LogP contribution in [0.25, 0.3) is 11.6 Å². The Labute approximate surface area is 196 Å². The monoisotopic (exact) mass is 492 g/mol. The average Bonchev–Trinajstić information content (AvgIpc) is 2.73. The first-order valence-electron chi connectivity index (χ1n) is 7.84. The summed E-state index contributed by atoms with van der Waals surface area (Å²) >= 11 is 0. The van der Waals surface area contributed by atoms with Crippen molar-refractivity contribution in [2.45, 2.75) is 6.61 Å². The molecule has 0 aliphatic carbocycles. The van der Waals surface area contributed by atoms with Gasteiger partial charge in [-0.15, -0.1) is 0 Å². The second-order valence-electron chi connectivity index (χ2n) is 5.21. The van der Waals surface area contributed by atoms with Crippen LogP contribution in [0.4, 0.5) is 5.69 Å². The maximum atomic E-state index is 11.3. The van der Waals surface area contributed by atoms with E-state index in [1.54, 1.807) is 24.3 Å². The summed E-state index contributed by atoms with van der Waals surface area (Å²) in [6.07, 6.45) is 0. The number of methoxy groups -OCH3 is 2. The van der Waals surface area contributed by atoms with Crippen LogP contribution in [0.3, 0.4) is 0 Å². The summed E-state index contributed by atoms with van der Waals surface area (Å²) in [5, 5.41) is 10.6. The fourth-order valence-electron chi connectivity index (χ4n) is 2.23. The molecule has 12 heteroatoms. The Bertz CT molecular complexity index is 888. The Morgan fingerprint density at radius 2 is 1.53 bits per heavy atom. The topological polar surface area (TPSA) is 170 Å². The number of amides is 1. The molecule has 30 heavy (non-hydrogen) atoms. The number of nitrogens with one attached hydrogen (secondary N) is 2. The number of benzene rings is 2. The van der Waals surface area contributed by atoms with Gasteiger partial charge in [-0.25, -0.2) is 9.59 Å². The van der Waals surface area contributed by atoms with Gasteiger partial charge in [0.15, 0.2) is 0 Å². The molecule has 2 aromatic carbocycles. The van der Waals surface area contributed by atoms with E-state index in [2.05, 4.69) is 14.3 Å². The number of hydrogen-bond donors (Lipinski definition) is 0. The van der Waals surface area contributed by atoms with Crippen molar-refractivity contribution in [1.29, 1.82) is 0 Å². The van der Waals surface area contributed by atoms with Crippen LogP contribution in [0.1, 0.15) is 36.6 Å². The SMILES string of the molecule is COC(=O)c1c(C([NH-])=O)cccc1[N+](=O)[O-].COC(=O)c1ccccc1CO[NH-].[Y]. The molecule has 0 bridgehead atoms. The molecule has 0 aromatic heterocycles. The minimum atomic E-state index is -1.18. The molecule has 0 fully saturated rings.